The third kappa shape index (κ3) is 4.88. The van der Waals surface area contributed by atoms with Crippen molar-refractivity contribution in [3.8, 4) is 39.6 Å². The van der Waals surface area contributed by atoms with Crippen LogP contribution in [0, 0.1) is 0 Å². The Morgan fingerprint density at radius 3 is 2.69 bits per heavy atom. The molecule has 2 aliphatic heterocycles. The number of aromatic amines is 1. The van der Waals surface area contributed by atoms with E-state index in [1.807, 2.05) is 47.4 Å². The van der Waals surface area contributed by atoms with Crippen LogP contribution >= 0.6 is 0 Å². The van der Waals surface area contributed by atoms with Crippen molar-refractivity contribution in [3.63, 3.8) is 0 Å². The minimum atomic E-state index is -0.0436. The van der Waals surface area contributed by atoms with Crippen LogP contribution in [0.5, 0.6) is 17.2 Å². The van der Waals surface area contributed by atoms with Crippen molar-refractivity contribution < 1.29 is 19.0 Å². The summed E-state index contributed by atoms with van der Waals surface area (Å²) in [5, 5.41) is 8.40. The van der Waals surface area contributed by atoms with Gasteiger partial charge in [-0.25, -0.2) is 4.98 Å². The van der Waals surface area contributed by atoms with E-state index < -0.39 is 0 Å². The van der Waals surface area contributed by atoms with Crippen LogP contribution in [-0.2, 0) is 0 Å². The Kier molecular flexibility index (Phi) is 6.80. The number of aromatic nitrogens is 3. The fraction of sp³-hybridized carbons (Fsp3) is 0.345. The van der Waals surface area contributed by atoms with Crippen LogP contribution in [0.2, 0.25) is 0 Å². The Hall–Kier alpha value is -4.15. The van der Waals surface area contributed by atoms with Crippen molar-refractivity contribution in [2.24, 2.45) is 0 Å². The van der Waals surface area contributed by atoms with Crippen molar-refractivity contribution in [2.75, 3.05) is 67.3 Å². The van der Waals surface area contributed by atoms with Gasteiger partial charge < -0.3 is 24.0 Å². The molecule has 39 heavy (non-hydrogen) atoms. The summed E-state index contributed by atoms with van der Waals surface area (Å²) in [6.45, 7) is 5.15. The zero-order chi connectivity index (χ0) is 26.9. The lowest BCUT2D eigenvalue weighted by molar-refractivity contribution is 0.0625. The Morgan fingerprint density at radius 2 is 1.90 bits per heavy atom. The molecule has 1 N–H and O–H groups in total. The molecule has 0 radical (unpaired) electrons. The highest BCUT2D eigenvalue weighted by Crippen LogP contribution is 2.41. The molecule has 0 saturated carbocycles. The number of nitrogens with zero attached hydrogens (tertiary/aromatic N) is 5. The summed E-state index contributed by atoms with van der Waals surface area (Å²) in [5.41, 5.74) is 4.48. The number of benzene rings is 2. The van der Waals surface area contributed by atoms with E-state index in [0.717, 1.165) is 59.7 Å². The monoisotopic (exact) mass is 528 g/mol. The Labute approximate surface area is 227 Å². The predicted octanol–water partition coefficient (Wildman–Crippen LogP) is 3.35. The third-order valence-electron chi connectivity index (χ3n) is 7.34. The van der Waals surface area contributed by atoms with E-state index in [1.54, 1.807) is 13.3 Å². The minimum absolute atomic E-state index is 0.0436. The zero-order valence-corrected chi connectivity index (χ0v) is 22.4. The predicted molar refractivity (Wildman–Crippen MR) is 148 cm³/mol. The summed E-state index contributed by atoms with van der Waals surface area (Å²) in [6, 6.07) is 13.6. The molecule has 2 aromatic heterocycles. The van der Waals surface area contributed by atoms with Gasteiger partial charge in [-0.3, -0.25) is 14.8 Å². The van der Waals surface area contributed by atoms with Crippen LogP contribution in [0.4, 0.5) is 0 Å². The van der Waals surface area contributed by atoms with Gasteiger partial charge in [0.05, 0.1) is 12.7 Å². The maximum Gasteiger partial charge on any atom is 0.257 e. The molecule has 0 aliphatic carbocycles. The first-order valence-electron chi connectivity index (χ1n) is 13.1. The number of rotatable bonds is 7. The first kappa shape index (κ1) is 25.1. The van der Waals surface area contributed by atoms with Gasteiger partial charge in [-0.15, -0.1) is 0 Å². The number of nitrogens with one attached hydrogen (secondary N) is 1. The van der Waals surface area contributed by atoms with Gasteiger partial charge in [-0.05, 0) is 50.0 Å². The van der Waals surface area contributed by atoms with Crippen molar-refractivity contribution in [2.45, 2.75) is 0 Å². The Bertz CT molecular complexity index is 1510. The molecule has 0 unspecified atom stereocenters. The number of hydrogen-bond donors (Lipinski definition) is 1. The summed E-state index contributed by atoms with van der Waals surface area (Å²) in [5.74, 6) is 1.76. The molecule has 10 nitrogen and oxygen atoms in total. The lowest BCUT2D eigenvalue weighted by atomic mass is 10.00. The summed E-state index contributed by atoms with van der Waals surface area (Å²) >= 11 is 0. The highest BCUT2D eigenvalue weighted by Gasteiger charge is 2.29. The first-order chi connectivity index (χ1) is 19.0. The maximum absolute atomic E-state index is 13.7. The second kappa shape index (κ2) is 10.5. The van der Waals surface area contributed by atoms with Crippen LogP contribution in [0.25, 0.3) is 33.4 Å². The number of piperazine rings is 1. The van der Waals surface area contributed by atoms with Crippen LogP contribution in [0.3, 0.4) is 0 Å². The van der Waals surface area contributed by atoms with Gasteiger partial charge in [0.15, 0.2) is 17.1 Å². The van der Waals surface area contributed by atoms with Crippen LogP contribution < -0.4 is 14.2 Å². The number of fused-ring (bicyclic) bond motifs is 2. The number of carbonyl (C=O) groups is 1. The quantitative estimate of drug-likeness (QED) is 0.390. The van der Waals surface area contributed by atoms with E-state index in [-0.39, 0.29) is 12.7 Å². The number of amides is 1. The van der Waals surface area contributed by atoms with Crippen molar-refractivity contribution in [3.05, 3.63) is 54.2 Å². The number of H-pyrrole nitrogens is 1. The number of likely N-dealkylation sites (N-methyl/N-ethyl adjacent to an activating group) is 1. The average molecular weight is 529 g/mol. The van der Waals surface area contributed by atoms with E-state index in [9.17, 15) is 4.79 Å². The van der Waals surface area contributed by atoms with Crippen molar-refractivity contribution in [1.82, 2.24) is 29.9 Å². The van der Waals surface area contributed by atoms with Crippen molar-refractivity contribution in [1.29, 1.82) is 0 Å². The van der Waals surface area contributed by atoms with Gasteiger partial charge in [-0.2, -0.15) is 5.10 Å². The van der Waals surface area contributed by atoms with E-state index in [1.165, 1.54) is 0 Å². The largest absolute Gasteiger partial charge is 0.496 e. The SMILES string of the molecule is COc1ccccc1-c1n[nH]c2ncc(-c3cc4c(c(C(=O)N5CCN(CCN(C)C)CC5)c3)OCO4)cc12. The molecule has 1 saturated heterocycles. The number of para-hydroxylation sites is 1. The van der Waals surface area contributed by atoms with E-state index in [4.69, 9.17) is 14.2 Å². The van der Waals surface area contributed by atoms with E-state index >= 15 is 0 Å². The molecule has 1 fully saturated rings. The molecule has 1 amide bonds. The van der Waals surface area contributed by atoms with Gasteiger partial charge in [-0.1, -0.05) is 12.1 Å². The van der Waals surface area contributed by atoms with Crippen molar-refractivity contribution >= 4 is 16.9 Å². The third-order valence-corrected chi connectivity index (χ3v) is 7.34. The molecule has 0 atom stereocenters. The standard InChI is InChI=1S/C29H32N6O4/c1-33(2)8-9-34-10-12-35(13-11-34)29(36)23-14-19(16-25-27(23)39-18-38-25)20-15-22-26(31-32-28(22)30-17-20)21-6-4-5-7-24(21)37-3/h4-7,14-17H,8-13,18H2,1-3H3,(H,30,31,32). The van der Waals surface area contributed by atoms with E-state index in [2.05, 4.69) is 39.1 Å². The lowest BCUT2D eigenvalue weighted by Gasteiger charge is -2.35. The van der Waals surface area contributed by atoms with Gasteiger partial charge in [0, 0.05) is 62.0 Å². The molecule has 4 aromatic rings. The van der Waals surface area contributed by atoms with Gasteiger partial charge in [0.2, 0.25) is 6.79 Å². The number of carbonyl (C=O) groups excluding carboxylic acids is 1. The number of hydrogen-bond acceptors (Lipinski definition) is 8. The average Bonchev–Trinajstić information content (AvgIpc) is 3.62. The Morgan fingerprint density at radius 1 is 1.08 bits per heavy atom. The lowest BCUT2D eigenvalue weighted by Crippen LogP contribution is -2.50. The molecule has 0 bridgehead atoms. The summed E-state index contributed by atoms with van der Waals surface area (Å²) in [4.78, 5) is 24.8. The topological polar surface area (TPSA) is 96.0 Å². The normalized spacial score (nSPS) is 15.3. The first-order valence-corrected chi connectivity index (χ1v) is 13.1. The summed E-state index contributed by atoms with van der Waals surface area (Å²) in [7, 11) is 5.80. The van der Waals surface area contributed by atoms with Gasteiger partial charge in [0.1, 0.15) is 11.4 Å². The molecule has 2 aliphatic rings. The molecular formula is C29H32N6O4. The molecule has 202 valence electrons. The number of ether oxygens (including phenoxy) is 3. The molecular weight excluding hydrogens is 496 g/mol. The van der Waals surface area contributed by atoms with Crippen LogP contribution in [0.15, 0.2) is 48.7 Å². The second-order valence-electron chi connectivity index (χ2n) is 10.1. The molecule has 0 spiro atoms. The van der Waals surface area contributed by atoms with Gasteiger partial charge in [0.25, 0.3) is 5.91 Å². The number of methoxy groups -OCH3 is 1. The second-order valence-corrected chi connectivity index (χ2v) is 10.1. The highest BCUT2D eigenvalue weighted by molar-refractivity contribution is 6.00. The fourth-order valence-electron chi connectivity index (χ4n) is 5.13. The molecule has 2 aromatic carbocycles. The van der Waals surface area contributed by atoms with E-state index in [0.29, 0.717) is 35.8 Å². The number of pyridine rings is 1. The maximum atomic E-state index is 13.7. The Balaban J connectivity index is 1.32. The van der Waals surface area contributed by atoms with Crippen LogP contribution in [0.1, 0.15) is 10.4 Å². The zero-order valence-electron chi connectivity index (χ0n) is 22.4. The van der Waals surface area contributed by atoms with Crippen LogP contribution in [-0.4, -0.2) is 103 Å². The smallest absolute Gasteiger partial charge is 0.257 e. The summed E-state index contributed by atoms with van der Waals surface area (Å²) in [6.07, 6.45) is 1.78. The molecule has 10 heteroatoms. The summed E-state index contributed by atoms with van der Waals surface area (Å²) < 4.78 is 17.1. The van der Waals surface area contributed by atoms with Gasteiger partial charge >= 0.3 is 0 Å². The minimum Gasteiger partial charge on any atom is -0.496 e. The molecule has 6 rings (SSSR count). The molecule has 4 heterocycles. The highest BCUT2D eigenvalue weighted by atomic mass is 16.7. The fourth-order valence-corrected chi connectivity index (χ4v) is 5.13.